The summed E-state index contributed by atoms with van der Waals surface area (Å²) in [5.74, 6) is -0.376. The van der Waals surface area contributed by atoms with E-state index in [4.69, 9.17) is 21.4 Å². The molecule has 1 heterocycles. The van der Waals surface area contributed by atoms with Crippen LogP contribution in [0.1, 0.15) is 56.1 Å². The molecule has 0 saturated carbocycles. The minimum Gasteiger partial charge on any atom is -0.456 e. The van der Waals surface area contributed by atoms with Crippen molar-refractivity contribution in [1.82, 2.24) is 4.98 Å². The summed E-state index contributed by atoms with van der Waals surface area (Å²) in [5, 5.41) is 9.14. The molecule has 0 bridgehead atoms. The molecular formula is C15H22ClNO3. The quantitative estimate of drug-likeness (QED) is 0.497. The van der Waals surface area contributed by atoms with E-state index in [1.807, 2.05) is 20.8 Å². The van der Waals surface area contributed by atoms with E-state index in [0.29, 0.717) is 22.8 Å². The van der Waals surface area contributed by atoms with Gasteiger partial charge < -0.3 is 9.84 Å². The number of rotatable bonds is 6. The van der Waals surface area contributed by atoms with E-state index in [0.717, 1.165) is 19.3 Å². The zero-order chi connectivity index (χ0) is 15.2. The molecule has 1 N–H and O–H groups in total. The Hall–Kier alpha value is -1.13. The summed E-state index contributed by atoms with van der Waals surface area (Å²) in [6, 6.07) is 3.25. The van der Waals surface area contributed by atoms with Crippen LogP contribution in [-0.2, 0) is 11.2 Å². The standard InChI is InChI=1S/C15H22ClNO3/c1-15(2,3)20-14(19)11-8-9-13(16)17-12(11)7-5-4-6-10-18/h8-9,18H,4-7,10H2,1-3H3. The van der Waals surface area contributed by atoms with Crippen LogP contribution in [0.4, 0.5) is 0 Å². The molecular weight excluding hydrogens is 278 g/mol. The molecule has 0 aromatic carbocycles. The molecule has 0 aliphatic rings. The second kappa shape index (κ2) is 7.60. The average Bonchev–Trinajstić information content (AvgIpc) is 2.32. The molecule has 0 aliphatic heterocycles. The SMILES string of the molecule is CC(C)(C)OC(=O)c1ccc(Cl)nc1CCCCCO. The highest BCUT2D eigenvalue weighted by atomic mass is 35.5. The van der Waals surface area contributed by atoms with E-state index in [1.54, 1.807) is 12.1 Å². The highest BCUT2D eigenvalue weighted by Gasteiger charge is 2.21. The van der Waals surface area contributed by atoms with Gasteiger partial charge in [0.05, 0.1) is 11.3 Å². The Morgan fingerprint density at radius 3 is 2.60 bits per heavy atom. The van der Waals surface area contributed by atoms with E-state index < -0.39 is 5.60 Å². The summed E-state index contributed by atoms with van der Waals surface area (Å²) >= 11 is 5.89. The predicted molar refractivity (Wildman–Crippen MR) is 79.1 cm³/mol. The van der Waals surface area contributed by atoms with Crippen LogP contribution in [-0.4, -0.2) is 28.3 Å². The van der Waals surface area contributed by atoms with Crippen molar-refractivity contribution in [3.63, 3.8) is 0 Å². The van der Waals surface area contributed by atoms with Gasteiger partial charge in [0.2, 0.25) is 0 Å². The lowest BCUT2D eigenvalue weighted by atomic mass is 10.1. The van der Waals surface area contributed by atoms with Gasteiger partial charge in [0.25, 0.3) is 0 Å². The van der Waals surface area contributed by atoms with Gasteiger partial charge in [0, 0.05) is 6.61 Å². The second-order valence-electron chi connectivity index (χ2n) is 5.66. The number of hydrogen-bond acceptors (Lipinski definition) is 4. The third-order valence-corrected chi connectivity index (χ3v) is 2.84. The number of aromatic nitrogens is 1. The van der Waals surface area contributed by atoms with Crippen LogP contribution in [0.5, 0.6) is 0 Å². The highest BCUT2D eigenvalue weighted by molar-refractivity contribution is 6.29. The number of esters is 1. The number of carbonyl (C=O) groups is 1. The minimum atomic E-state index is -0.537. The van der Waals surface area contributed by atoms with Gasteiger partial charge in [-0.2, -0.15) is 0 Å². The first-order valence-electron chi connectivity index (χ1n) is 6.83. The molecule has 0 spiro atoms. The van der Waals surface area contributed by atoms with Gasteiger partial charge in [0.1, 0.15) is 10.8 Å². The molecule has 0 atom stereocenters. The van der Waals surface area contributed by atoms with Crippen molar-refractivity contribution in [2.45, 2.75) is 52.1 Å². The lowest BCUT2D eigenvalue weighted by molar-refractivity contribution is 0.00677. The number of ether oxygens (including phenoxy) is 1. The predicted octanol–water partition coefficient (Wildman–Crippen LogP) is 3.40. The van der Waals surface area contributed by atoms with Gasteiger partial charge in [-0.25, -0.2) is 9.78 Å². The highest BCUT2D eigenvalue weighted by Crippen LogP contribution is 2.18. The Morgan fingerprint density at radius 2 is 2.00 bits per heavy atom. The van der Waals surface area contributed by atoms with Crippen molar-refractivity contribution in [2.75, 3.05) is 6.61 Å². The lowest BCUT2D eigenvalue weighted by Gasteiger charge is -2.20. The van der Waals surface area contributed by atoms with Gasteiger partial charge in [-0.1, -0.05) is 18.0 Å². The Morgan fingerprint density at radius 1 is 1.30 bits per heavy atom. The summed E-state index contributed by atoms with van der Waals surface area (Å²) in [5.41, 5.74) is 0.586. The lowest BCUT2D eigenvalue weighted by Crippen LogP contribution is -2.24. The molecule has 1 rings (SSSR count). The van der Waals surface area contributed by atoms with Crippen molar-refractivity contribution in [3.05, 3.63) is 28.5 Å². The van der Waals surface area contributed by atoms with Crippen LogP contribution in [0.3, 0.4) is 0 Å². The normalized spacial score (nSPS) is 11.4. The van der Waals surface area contributed by atoms with E-state index in [9.17, 15) is 4.79 Å². The van der Waals surface area contributed by atoms with Gasteiger partial charge in [-0.05, 0) is 52.2 Å². The molecule has 0 radical (unpaired) electrons. The van der Waals surface area contributed by atoms with Crippen LogP contribution in [0.25, 0.3) is 0 Å². The summed E-state index contributed by atoms with van der Waals surface area (Å²) in [4.78, 5) is 16.4. The first-order chi connectivity index (χ1) is 9.33. The van der Waals surface area contributed by atoms with E-state index in [1.165, 1.54) is 0 Å². The Labute approximate surface area is 125 Å². The van der Waals surface area contributed by atoms with Crippen molar-refractivity contribution in [3.8, 4) is 0 Å². The van der Waals surface area contributed by atoms with Crippen molar-refractivity contribution >= 4 is 17.6 Å². The first-order valence-corrected chi connectivity index (χ1v) is 7.21. The molecule has 20 heavy (non-hydrogen) atoms. The summed E-state index contributed by atoms with van der Waals surface area (Å²) in [6.45, 7) is 5.67. The monoisotopic (exact) mass is 299 g/mol. The maximum atomic E-state index is 12.1. The number of aryl methyl sites for hydroxylation is 1. The van der Waals surface area contributed by atoms with Crippen molar-refractivity contribution < 1.29 is 14.6 Å². The fraction of sp³-hybridized carbons (Fsp3) is 0.600. The second-order valence-corrected chi connectivity index (χ2v) is 6.05. The molecule has 5 heteroatoms. The zero-order valence-corrected chi connectivity index (χ0v) is 13.0. The first kappa shape index (κ1) is 16.9. The fourth-order valence-electron chi connectivity index (χ4n) is 1.77. The molecule has 1 aromatic heterocycles. The number of hydrogen-bond donors (Lipinski definition) is 1. The molecule has 0 amide bonds. The number of carbonyl (C=O) groups excluding carboxylic acids is 1. The molecule has 0 aliphatic carbocycles. The van der Waals surface area contributed by atoms with Crippen molar-refractivity contribution in [2.24, 2.45) is 0 Å². The number of halogens is 1. The third-order valence-electron chi connectivity index (χ3n) is 2.63. The molecule has 1 aromatic rings. The van der Waals surface area contributed by atoms with Gasteiger partial charge in [-0.3, -0.25) is 0 Å². The molecule has 4 nitrogen and oxygen atoms in total. The maximum Gasteiger partial charge on any atom is 0.340 e. The van der Waals surface area contributed by atoms with E-state index in [2.05, 4.69) is 4.98 Å². The van der Waals surface area contributed by atoms with Gasteiger partial charge >= 0.3 is 5.97 Å². The molecule has 0 unspecified atom stereocenters. The van der Waals surface area contributed by atoms with E-state index in [-0.39, 0.29) is 12.6 Å². The number of unbranched alkanes of at least 4 members (excludes halogenated alkanes) is 2. The Balaban J connectivity index is 2.81. The zero-order valence-electron chi connectivity index (χ0n) is 12.3. The topological polar surface area (TPSA) is 59.4 Å². The van der Waals surface area contributed by atoms with Gasteiger partial charge in [0.15, 0.2) is 0 Å². The Kier molecular flexibility index (Phi) is 6.43. The number of nitrogens with zero attached hydrogens (tertiary/aromatic N) is 1. The van der Waals surface area contributed by atoms with Crippen molar-refractivity contribution in [1.29, 1.82) is 0 Å². The fourth-order valence-corrected chi connectivity index (χ4v) is 1.93. The molecule has 0 fully saturated rings. The summed E-state index contributed by atoms with van der Waals surface area (Å²) < 4.78 is 5.37. The average molecular weight is 300 g/mol. The molecule has 0 saturated heterocycles. The van der Waals surface area contributed by atoms with Crippen LogP contribution in [0.15, 0.2) is 12.1 Å². The number of pyridine rings is 1. The summed E-state index contributed by atoms with van der Waals surface area (Å²) in [6.07, 6.45) is 3.14. The van der Waals surface area contributed by atoms with Crippen LogP contribution < -0.4 is 0 Å². The van der Waals surface area contributed by atoms with E-state index >= 15 is 0 Å². The van der Waals surface area contributed by atoms with Crippen LogP contribution in [0.2, 0.25) is 5.15 Å². The number of aliphatic hydroxyl groups is 1. The third kappa shape index (κ3) is 5.88. The van der Waals surface area contributed by atoms with Crippen LogP contribution >= 0.6 is 11.6 Å². The summed E-state index contributed by atoms with van der Waals surface area (Å²) in [7, 11) is 0. The largest absolute Gasteiger partial charge is 0.456 e. The van der Waals surface area contributed by atoms with Gasteiger partial charge in [-0.15, -0.1) is 0 Å². The minimum absolute atomic E-state index is 0.182. The smallest absolute Gasteiger partial charge is 0.340 e. The van der Waals surface area contributed by atoms with Crippen LogP contribution in [0, 0.1) is 0 Å². The molecule has 112 valence electrons. The number of aliphatic hydroxyl groups excluding tert-OH is 1. The maximum absolute atomic E-state index is 12.1. The Bertz CT molecular complexity index is 455.